The van der Waals surface area contributed by atoms with Crippen LogP contribution < -0.4 is 10.6 Å². The molecule has 0 aliphatic carbocycles. The van der Waals surface area contributed by atoms with E-state index < -0.39 is 0 Å². The van der Waals surface area contributed by atoms with Crippen molar-refractivity contribution in [3.63, 3.8) is 0 Å². The van der Waals surface area contributed by atoms with Crippen LogP contribution in [0.5, 0.6) is 0 Å². The number of nitrogens with zero attached hydrogens (tertiary/aromatic N) is 2. The van der Waals surface area contributed by atoms with Crippen LogP contribution in [0.3, 0.4) is 0 Å². The fourth-order valence-corrected chi connectivity index (χ4v) is 1.43. The van der Waals surface area contributed by atoms with Gasteiger partial charge in [0.15, 0.2) is 5.78 Å². The third-order valence-corrected chi connectivity index (χ3v) is 2.11. The first-order chi connectivity index (χ1) is 6.68. The third-order valence-electron chi connectivity index (χ3n) is 2.11. The molecule has 1 fully saturated rings. The first kappa shape index (κ1) is 8.68. The number of hydrogen-bond acceptors (Lipinski definition) is 4. The quantitative estimate of drug-likeness (QED) is 0.632. The summed E-state index contributed by atoms with van der Waals surface area (Å²) >= 11 is 0. The molecule has 0 radical (unpaired) electrons. The predicted molar refractivity (Wildman–Crippen MR) is 50.6 cm³/mol. The molecule has 0 aromatic carbocycles. The lowest BCUT2D eigenvalue weighted by Crippen LogP contribution is -2.25. The maximum atomic E-state index is 11.4. The van der Waals surface area contributed by atoms with Crippen LogP contribution in [-0.4, -0.2) is 23.2 Å². The zero-order valence-electron chi connectivity index (χ0n) is 7.43. The Morgan fingerprint density at radius 2 is 2.21 bits per heavy atom. The van der Waals surface area contributed by atoms with E-state index in [1.165, 1.54) is 11.1 Å². The molecule has 2 heterocycles. The molecule has 0 spiro atoms. The number of Topliss-reactive ketones (excluding diaryl/α,β-unsaturated/α-hetero) is 1. The lowest BCUT2D eigenvalue weighted by molar-refractivity contribution is -0.121. The van der Waals surface area contributed by atoms with Gasteiger partial charge >= 0.3 is 0 Å². The van der Waals surface area contributed by atoms with E-state index in [2.05, 4.69) is 4.98 Å². The SMILES string of the molecule is Nc1ccncc1N1CC(=O)CC1=O. The second-order valence-electron chi connectivity index (χ2n) is 3.13. The van der Waals surface area contributed by atoms with Crippen LogP contribution >= 0.6 is 0 Å². The Morgan fingerprint density at radius 3 is 2.79 bits per heavy atom. The normalized spacial score (nSPS) is 16.4. The predicted octanol–water partition coefficient (Wildman–Crippen LogP) is -0.0304. The van der Waals surface area contributed by atoms with Crippen molar-refractivity contribution in [2.75, 3.05) is 17.2 Å². The average Bonchev–Trinajstić information content (AvgIpc) is 2.46. The van der Waals surface area contributed by atoms with Gasteiger partial charge in [0.05, 0.1) is 30.5 Å². The number of carbonyl (C=O) groups is 2. The van der Waals surface area contributed by atoms with Gasteiger partial charge in [-0.25, -0.2) is 0 Å². The van der Waals surface area contributed by atoms with Gasteiger partial charge < -0.3 is 10.6 Å². The largest absolute Gasteiger partial charge is 0.397 e. The summed E-state index contributed by atoms with van der Waals surface area (Å²) in [4.78, 5) is 27.6. The highest BCUT2D eigenvalue weighted by molar-refractivity contribution is 6.15. The Hall–Kier alpha value is -1.91. The molecule has 1 aliphatic heterocycles. The Bertz CT molecular complexity index is 403. The number of ketones is 1. The number of carbonyl (C=O) groups excluding carboxylic acids is 2. The summed E-state index contributed by atoms with van der Waals surface area (Å²) in [6, 6.07) is 1.60. The summed E-state index contributed by atoms with van der Waals surface area (Å²) in [6.07, 6.45) is 3.00. The molecular formula is C9H9N3O2. The van der Waals surface area contributed by atoms with Crippen molar-refractivity contribution in [3.8, 4) is 0 Å². The molecule has 1 aliphatic rings. The first-order valence-corrected chi connectivity index (χ1v) is 4.20. The molecule has 1 aromatic heterocycles. The van der Waals surface area contributed by atoms with E-state index in [4.69, 9.17) is 5.73 Å². The highest BCUT2D eigenvalue weighted by Crippen LogP contribution is 2.24. The Labute approximate surface area is 80.5 Å². The molecule has 1 saturated heterocycles. The van der Waals surface area contributed by atoms with Gasteiger partial charge in [-0.05, 0) is 6.07 Å². The smallest absolute Gasteiger partial charge is 0.235 e. The van der Waals surface area contributed by atoms with Crippen molar-refractivity contribution in [2.45, 2.75) is 6.42 Å². The second-order valence-corrected chi connectivity index (χ2v) is 3.13. The summed E-state index contributed by atoms with van der Waals surface area (Å²) in [6.45, 7) is 0.106. The van der Waals surface area contributed by atoms with Gasteiger partial charge in [-0.3, -0.25) is 14.6 Å². The van der Waals surface area contributed by atoms with Gasteiger partial charge in [0, 0.05) is 6.20 Å². The van der Waals surface area contributed by atoms with Gasteiger partial charge in [0.25, 0.3) is 0 Å². The molecular weight excluding hydrogens is 182 g/mol. The highest BCUT2D eigenvalue weighted by Gasteiger charge is 2.29. The molecule has 1 amide bonds. The van der Waals surface area contributed by atoms with Crippen LogP contribution in [0.15, 0.2) is 18.5 Å². The number of rotatable bonds is 1. The molecule has 2 N–H and O–H groups in total. The molecule has 0 unspecified atom stereocenters. The summed E-state index contributed by atoms with van der Waals surface area (Å²) in [5, 5.41) is 0. The van der Waals surface area contributed by atoms with Gasteiger partial charge in [0.1, 0.15) is 0 Å². The molecule has 0 saturated carbocycles. The van der Waals surface area contributed by atoms with Crippen LogP contribution in [-0.2, 0) is 9.59 Å². The van der Waals surface area contributed by atoms with Gasteiger partial charge in [0.2, 0.25) is 5.91 Å². The Morgan fingerprint density at radius 1 is 1.43 bits per heavy atom. The van der Waals surface area contributed by atoms with E-state index >= 15 is 0 Å². The fraction of sp³-hybridized carbons (Fsp3) is 0.222. The monoisotopic (exact) mass is 191 g/mol. The number of anilines is 2. The number of hydrogen-bond donors (Lipinski definition) is 1. The van der Waals surface area contributed by atoms with Crippen LogP contribution in [0, 0.1) is 0 Å². The summed E-state index contributed by atoms with van der Waals surface area (Å²) in [5.74, 6) is -0.298. The fourth-order valence-electron chi connectivity index (χ4n) is 1.43. The Balaban J connectivity index is 2.36. The lowest BCUT2D eigenvalue weighted by Gasteiger charge is -2.15. The first-order valence-electron chi connectivity index (χ1n) is 4.20. The van der Waals surface area contributed by atoms with Gasteiger partial charge in [-0.2, -0.15) is 0 Å². The van der Waals surface area contributed by atoms with E-state index in [0.717, 1.165) is 0 Å². The molecule has 1 aromatic rings. The van der Waals surface area contributed by atoms with Crippen LogP contribution in [0.2, 0.25) is 0 Å². The van der Waals surface area contributed by atoms with Gasteiger partial charge in [-0.15, -0.1) is 0 Å². The minimum Gasteiger partial charge on any atom is -0.397 e. The minimum absolute atomic E-state index is 0.0334. The topological polar surface area (TPSA) is 76.3 Å². The zero-order valence-corrected chi connectivity index (χ0v) is 7.43. The van der Waals surface area contributed by atoms with Crippen molar-refractivity contribution >= 4 is 23.1 Å². The molecule has 14 heavy (non-hydrogen) atoms. The molecule has 0 bridgehead atoms. The number of aromatic nitrogens is 1. The summed E-state index contributed by atoms with van der Waals surface area (Å²) in [5.41, 5.74) is 6.64. The van der Waals surface area contributed by atoms with Crippen molar-refractivity contribution in [3.05, 3.63) is 18.5 Å². The second kappa shape index (κ2) is 3.10. The molecule has 5 nitrogen and oxygen atoms in total. The average molecular weight is 191 g/mol. The van der Waals surface area contributed by atoms with E-state index in [-0.39, 0.29) is 24.7 Å². The van der Waals surface area contributed by atoms with Crippen LogP contribution in [0.25, 0.3) is 0 Å². The van der Waals surface area contributed by atoms with E-state index in [9.17, 15) is 9.59 Å². The van der Waals surface area contributed by atoms with Crippen molar-refractivity contribution in [1.82, 2.24) is 4.98 Å². The third kappa shape index (κ3) is 1.32. The van der Waals surface area contributed by atoms with Crippen LogP contribution in [0.1, 0.15) is 6.42 Å². The van der Waals surface area contributed by atoms with Crippen molar-refractivity contribution in [2.24, 2.45) is 0 Å². The molecule has 72 valence electrons. The standard InChI is InChI=1S/C9H9N3O2/c10-7-1-2-11-4-8(7)12-5-6(13)3-9(12)14/h1-2,4H,3,5H2,(H2,10,11). The van der Waals surface area contributed by atoms with E-state index in [0.29, 0.717) is 11.4 Å². The number of pyridine rings is 1. The zero-order chi connectivity index (χ0) is 10.1. The maximum Gasteiger partial charge on any atom is 0.235 e. The van der Waals surface area contributed by atoms with Gasteiger partial charge in [-0.1, -0.05) is 0 Å². The minimum atomic E-state index is -0.213. The van der Waals surface area contributed by atoms with Crippen LogP contribution in [0.4, 0.5) is 11.4 Å². The molecule has 2 rings (SSSR count). The Kier molecular flexibility index (Phi) is 1.92. The van der Waals surface area contributed by atoms with Crippen molar-refractivity contribution < 1.29 is 9.59 Å². The molecule has 0 atom stereocenters. The highest BCUT2D eigenvalue weighted by atomic mass is 16.2. The molecule has 5 heteroatoms. The lowest BCUT2D eigenvalue weighted by atomic mass is 10.3. The van der Waals surface area contributed by atoms with E-state index in [1.54, 1.807) is 12.3 Å². The number of nitrogen functional groups attached to an aromatic ring is 1. The summed E-state index contributed by atoms with van der Waals surface area (Å²) < 4.78 is 0. The number of amides is 1. The van der Waals surface area contributed by atoms with E-state index in [1.807, 2.05) is 0 Å². The van der Waals surface area contributed by atoms with Crippen molar-refractivity contribution in [1.29, 1.82) is 0 Å². The number of nitrogens with two attached hydrogens (primary N) is 1. The maximum absolute atomic E-state index is 11.4. The summed E-state index contributed by atoms with van der Waals surface area (Å²) in [7, 11) is 0.